The molecule has 2 saturated heterocycles. The Morgan fingerprint density at radius 2 is 2.15 bits per heavy atom. The number of nitrogens with zero attached hydrogens (tertiary/aromatic N) is 2. The molecule has 6 rings (SSSR count). The smallest absolute Gasteiger partial charge is 0.223 e. The first-order valence-electron chi connectivity index (χ1n) is 9.58. The van der Waals surface area contributed by atoms with E-state index in [1.165, 1.54) is 0 Å². The molecule has 0 spiro atoms. The molecule has 4 fully saturated rings. The quantitative estimate of drug-likeness (QED) is 0.863. The van der Waals surface area contributed by atoms with Gasteiger partial charge in [-0.1, -0.05) is 18.5 Å². The van der Waals surface area contributed by atoms with Crippen LogP contribution in [0.15, 0.2) is 18.5 Å². The van der Waals surface area contributed by atoms with Gasteiger partial charge in [-0.05, 0) is 55.6 Å². The Labute approximate surface area is 157 Å². The molecule has 2 aromatic rings. The highest BCUT2D eigenvalue weighted by molar-refractivity contribution is 6.31. The van der Waals surface area contributed by atoms with E-state index in [1.54, 1.807) is 6.20 Å². The van der Waals surface area contributed by atoms with Crippen molar-refractivity contribution in [2.45, 2.75) is 69.1 Å². The summed E-state index contributed by atoms with van der Waals surface area (Å²) in [6.45, 7) is 2.09. The average molecular weight is 374 g/mol. The van der Waals surface area contributed by atoms with Gasteiger partial charge in [-0.15, -0.1) is 0 Å². The number of hydrogen-bond acceptors (Lipinski definition) is 3. The van der Waals surface area contributed by atoms with E-state index in [1.807, 2.05) is 12.3 Å². The monoisotopic (exact) mass is 373 g/mol. The predicted octanol–water partition coefficient (Wildman–Crippen LogP) is 3.61. The number of carbonyl (C=O) groups excluding carboxylic acids is 1. The summed E-state index contributed by atoms with van der Waals surface area (Å²) in [6.07, 6.45) is 8.62. The molecule has 6 heteroatoms. The van der Waals surface area contributed by atoms with Gasteiger partial charge in [-0.3, -0.25) is 4.79 Å². The van der Waals surface area contributed by atoms with Gasteiger partial charge in [0.05, 0.1) is 10.6 Å². The number of hydrogen-bond donors (Lipinski definition) is 2. The maximum Gasteiger partial charge on any atom is 0.223 e. The van der Waals surface area contributed by atoms with E-state index in [0.717, 1.165) is 48.7 Å². The van der Waals surface area contributed by atoms with Gasteiger partial charge in [-0.25, -0.2) is 4.98 Å². The van der Waals surface area contributed by atoms with Crippen molar-refractivity contribution >= 4 is 28.5 Å². The fourth-order valence-electron chi connectivity index (χ4n) is 5.88. The summed E-state index contributed by atoms with van der Waals surface area (Å²) in [5.74, 6) is 0.914. The zero-order valence-corrected chi connectivity index (χ0v) is 15.7. The highest BCUT2D eigenvalue weighted by Gasteiger charge is 2.54. The average Bonchev–Trinajstić information content (AvgIpc) is 2.95. The minimum absolute atomic E-state index is 0.0943. The number of carbonyl (C=O) groups is 1. The van der Waals surface area contributed by atoms with Gasteiger partial charge in [0.1, 0.15) is 5.65 Å². The first-order valence-corrected chi connectivity index (χ1v) is 9.96. The summed E-state index contributed by atoms with van der Waals surface area (Å²) in [5, 5.41) is 12.3. The number of halogens is 1. The Balaban J connectivity index is 1.36. The number of aromatic nitrogens is 2. The lowest BCUT2D eigenvalue weighted by molar-refractivity contribution is -0.174. The number of nitrogens with one attached hydrogen (secondary N) is 1. The van der Waals surface area contributed by atoms with Crippen LogP contribution in [0.3, 0.4) is 0 Å². The minimum atomic E-state index is -0.516. The largest absolute Gasteiger partial charge is 0.390 e. The van der Waals surface area contributed by atoms with E-state index in [-0.39, 0.29) is 23.9 Å². The molecular weight excluding hydrogens is 350 g/mol. The molecule has 2 aliphatic carbocycles. The van der Waals surface area contributed by atoms with Gasteiger partial charge in [0, 0.05) is 36.3 Å². The van der Waals surface area contributed by atoms with Crippen molar-refractivity contribution in [3.05, 3.63) is 29.0 Å². The van der Waals surface area contributed by atoms with Crippen LogP contribution in [0.25, 0.3) is 11.0 Å². The summed E-state index contributed by atoms with van der Waals surface area (Å²) >= 11 is 6.10. The number of amides is 1. The molecule has 1 amide bonds. The fourth-order valence-corrected chi connectivity index (χ4v) is 6.03. The van der Waals surface area contributed by atoms with E-state index in [2.05, 4.69) is 21.8 Å². The number of H-pyrrole nitrogens is 1. The third-order valence-electron chi connectivity index (χ3n) is 6.73. The number of aliphatic hydroxyl groups is 1. The molecule has 138 valence electrons. The van der Waals surface area contributed by atoms with Gasteiger partial charge in [0.25, 0.3) is 0 Å². The van der Waals surface area contributed by atoms with Crippen LogP contribution in [-0.2, 0) is 4.79 Å². The molecule has 3 atom stereocenters. The van der Waals surface area contributed by atoms with Crippen molar-refractivity contribution in [1.29, 1.82) is 0 Å². The Morgan fingerprint density at radius 1 is 1.42 bits per heavy atom. The first kappa shape index (κ1) is 16.6. The van der Waals surface area contributed by atoms with E-state index in [4.69, 9.17) is 11.6 Å². The Morgan fingerprint density at radius 3 is 2.85 bits per heavy atom. The summed E-state index contributed by atoms with van der Waals surface area (Å²) in [6, 6.07) is 2.37. The summed E-state index contributed by atoms with van der Waals surface area (Å²) < 4.78 is 0. The van der Waals surface area contributed by atoms with Crippen LogP contribution in [0.5, 0.6) is 0 Å². The molecule has 0 radical (unpaired) electrons. The van der Waals surface area contributed by atoms with Crippen molar-refractivity contribution in [1.82, 2.24) is 14.9 Å². The summed E-state index contributed by atoms with van der Waals surface area (Å²) in [7, 11) is 0. The molecule has 2 aromatic heterocycles. The standard InChI is InChI=1S/C20H24ClN3O2/c1-11(17-10-23-19-16(17)5-13(21)9-22-19)2-18(25)24-14-3-12-4-15(24)8-20(26,6-12)7-14/h5,9-12,14-15,26H,2-4,6-8H2,1H3,(H,22,23). The molecular formula is C20H24ClN3O2. The number of fused-ring (bicyclic) bond motifs is 1. The van der Waals surface area contributed by atoms with Crippen molar-refractivity contribution in [2.24, 2.45) is 5.92 Å². The minimum Gasteiger partial charge on any atom is -0.390 e. The van der Waals surface area contributed by atoms with Crippen LogP contribution in [0.2, 0.25) is 5.02 Å². The van der Waals surface area contributed by atoms with Crippen molar-refractivity contribution < 1.29 is 9.90 Å². The van der Waals surface area contributed by atoms with Crippen molar-refractivity contribution in [3.8, 4) is 0 Å². The lowest BCUT2D eigenvalue weighted by Crippen LogP contribution is -2.65. The second kappa shape index (κ2) is 5.70. The zero-order valence-electron chi connectivity index (χ0n) is 14.9. The van der Waals surface area contributed by atoms with Crippen LogP contribution in [0.1, 0.15) is 56.9 Å². The van der Waals surface area contributed by atoms with Gasteiger partial charge in [-0.2, -0.15) is 0 Å². The molecule has 5 nitrogen and oxygen atoms in total. The van der Waals surface area contributed by atoms with Crippen molar-refractivity contribution in [3.63, 3.8) is 0 Å². The summed E-state index contributed by atoms with van der Waals surface area (Å²) in [5.41, 5.74) is 1.38. The van der Waals surface area contributed by atoms with Crippen LogP contribution in [-0.4, -0.2) is 43.6 Å². The molecule has 4 bridgehead atoms. The molecule has 26 heavy (non-hydrogen) atoms. The SMILES string of the molecule is CC(CC(=O)N1C2CC3CC1CC(O)(C3)C2)c1c[nH]c2ncc(Cl)cc12. The Kier molecular flexibility index (Phi) is 3.63. The third-order valence-corrected chi connectivity index (χ3v) is 6.93. The predicted molar refractivity (Wildman–Crippen MR) is 100 cm³/mol. The first-order chi connectivity index (χ1) is 12.4. The van der Waals surface area contributed by atoms with Crippen LogP contribution in [0.4, 0.5) is 0 Å². The fraction of sp³-hybridized carbons (Fsp3) is 0.600. The van der Waals surface area contributed by atoms with E-state index in [9.17, 15) is 9.90 Å². The van der Waals surface area contributed by atoms with Crippen LogP contribution in [0, 0.1) is 5.92 Å². The zero-order chi connectivity index (χ0) is 18.1. The molecule has 3 unspecified atom stereocenters. The van der Waals surface area contributed by atoms with Crippen LogP contribution >= 0.6 is 11.6 Å². The lowest BCUT2D eigenvalue weighted by Gasteiger charge is -2.59. The van der Waals surface area contributed by atoms with Gasteiger partial charge < -0.3 is 15.0 Å². The highest BCUT2D eigenvalue weighted by atomic mass is 35.5. The highest BCUT2D eigenvalue weighted by Crippen LogP contribution is 2.51. The second-order valence-corrected chi connectivity index (χ2v) is 9.12. The number of piperidine rings is 2. The molecule has 4 heterocycles. The van der Waals surface area contributed by atoms with Gasteiger partial charge in [0.2, 0.25) is 5.91 Å². The summed E-state index contributed by atoms with van der Waals surface area (Å²) in [4.78, 5) is 22.7. The molecule has 4 aliphatic rings. The van der Waals surface area contributed by atoms with E-state index >= 15 is 0 Å². The lowest BCUT2D eigenvalue weighted by atomic mass is 9.61. The maximum absolute atomic E-state index is 13.1. The second-order valence-electron chi connectivity index (χ2n) is 8.68. The topological polar surface area (TPSA) is 69.2 Å². The van der Waals surface area contributed by atoms with Crippen molar-refractivity contribution in [2.75, 3.05) is 0 Å². The van der Waals surface area contributed by atoms with Crippen LogP contribution < -0.4 is 0 Å². The number of rotatable bonds is 3. The normalized spacial score (nSPS) is 33.8. The molecule has 2 N–H and O–H groups in total. The molecule has 0 aromatic carbocycles. The van der Waals surface area contributed by atoms with Gasteiger partial charge >= 0.3 is 0 Å². The molecule has 2 saturated carbocycles. The van der Waals surface area contributed by atoms with Gasteiger partial charge in [0.15, 0.2) is 0 Å². The Hall–Kier alpha value is -1.59. The van der Waals surface area contributed by atoms with E-state index < -0.39 is 5.60 Å². The van der Waals surface area contributed by atoms with E-state index in [0.29, 0.717) is 17.4 Å². The maximum atomic E-state index is 13.1. The Bertz CT molecular complexity index is 863. The number of pyridine rings is 1. The number of aromatic amines is 1. The molecule has 2 aliphatic heterocycles. The third kappa shape index (κ3) is 2.55.